The molecule has 0 unspecified atom stereocenters. The zero-order chi connectivity index (χ0) is 17.4. The van der Waals surface area contributed by atoms with Gasteiger partial charge in [-0.15, -0.1) is 0 Å². The van der Waals surface area contributed by atoms with Gasteiger partial charge < -0.3 is 9.42 Å². The van der Waals surface area contributed by atoms with Gasteiger partial charge >= 0.3 is 0 Å². The van der Waals surface area contributed by atoms with Crippen LogP contribution in [0, 0.1) is 12.7 Å². The first-order valence-corrected chi connectivity index (χ1v) is 8.40. The van der Waals surface area contributed by atoms with E-state index in [2.05, 4.69) is 10.1 Å². The second kappa shape index (κ2) is 9.15. The van der Waals surface area contributed by atoms with Crippen LogP contribution in [0.4, 0.5) is 4.39 Å². The number of amides is 1. The first kappa shape index (κ1) is 18.1. The molecular weight excluding hydrogens is 309 g/mol. The van der Waals surface area contributed by atoms with Crippen LogP contribution in [0.1, 0.15) is 43.5 Å². The Bertz CT molecular complexity index is 657. The molecule has 0 aliphatic carbocycles. The average Bonchev–Trinajstić information content (AvgIpc) is 2.96. The van der Waals surface area contributed by atoms with Gasteiger partial charge in [-0.1, -0.05) is 24.2 Å². The summed E-state index contributed by atoms with van der Waals surface area (Å²) >= 11 is 0. The lowest BCUT2D eigenvalue weighted by Crippen LogP contribution is -2.33. The zero-order valence-corrected chi connectivity index (χ0v) is 14.3. The second-order valence-corrected chi connectivity index (χ2v) is 5.85. The Morgan fingerprint density at radius 2 is 2.12 bits per heavy atom. The van der Waals surface area contributed by atoms with Gasteiger partial charge in [0, 0.05) is 25.9 Å². The smallest absolute Gasteiger partial charge is 0.226 e. The molecular formula is C18H24FN3O2. The number of nitrogens with zero attached hydrogens (tertiary/aromatic N) is 3. The number of halogens is 1. The van der Waals surface area contributed by atoms with Crippen molar-refractivity contribution in [1.29, 1.82) is 0 Å². The maximum atomic E-state index is 13.2. The van der Waals surface area contributed by atoms with Crippen molar-refractivity contribution in [2.45, 2.75) is 46.0 Å². The molecule has 0 aliphatic rings. The van der Waals surface area contributed by atoms with Crippen LogP contribution >= 0.6 is 0 Å². The van der Waals surface area contributed by atoms with E-state index in [4.69, 9.17) is 4.52 Å². The molecule has 0 N–H and O–H groups in total. The predicted octanol–water partition coefficient (Wildman–Crippen LogP) is 3.32. The maximum Gasteiger partial charge on any atom is 0.226 e. The van der Waals surface area contributed by atoms with E-state index in [9.17, 15) is 9.18 Å². The van der Waals surface area contributed by atoms with Crippen molar-refractivity contribution >= 4 is 5.91 Å². The Morgan fingerprint density at radius 1 is 1.29 bits per heavy atom. The van der Waals surface area contributed by atoms with Crippen LogP contribution in [-0.2, 0) is 17.6 Å². The summed E-state index contributed by atoms with van der Waals surface area (Å²) in [5, 5.41) is 3.74. The summed E-state index contributed by atoms with van der Waals surface area (Å²) in [5.41, 5.74) is 0.908. The lowest BCUT2D eigenvalue weighted by molar-refractivity contribution is -0.131. The van der Waals surface area contributed by atoms with E-state index in [1.807, 2.05) is 17.9 Å². The molecule has 0 aliphatic heterocycles. The molecule has 24 heavy (non-hydrogen) atoms. The number of hydrogen-bond acceptors (Lipinski definition) is 4. The molecule has 5 nitrogen and oxygen atoms in total. The van der Waals surface area contributed by atoms with Gasteiger partial charge in [0.05, 0.1) is 0 Å². The van der Waals surface area contributed by atoms with Crippen molar-refractivity contribution in [2.24, 2.45) is 0 Å². The third kappa shape index (κ3) is 5.76. The van der Waals surface area contributed by atoms with Crippen molar-refractivity contribution in [3.05, 3.63) is 47.4 Å². The standard InChI is InChI=1S/C18H24FN3O2/c1-3-11-22(12-10-15-6-4-7-16(19)13-15)18(23)9-5-8-17-20-14(2)21-24-17/h4,6-7,13H,3,5,8-12H2,1-2H3. The van der Waals surface area contributed by atoms with Gasteiger partial charge in [-0.3, -0.25) is 4.79 Å². The Labute approximate surface area is 141 Å². The Morgan fingerprint density at radius 3 is 2.79 bits per heavy atom. The van der Waals surface area contributed by atoms with Gasteiger partial charge in [0.1, 0.15) is 5.82 Å². The summed E-state index contributed by atoms with van der Waals surface area (Å²) in [6, 6.07) is 6.53. The van der Waals surface area contributed by atoms with E-state index in [1.165, 1.54) is 12.1 Å². The molecule has 2 aromatic rings. The lowest BCUT2D eigenvalue weighted by Gasteiger charge is -2.22. The highest BCUT2D eigenvalue weighted by atomic mass is 19.1. The fraction of sp³-hybridized carbons (Fsp3) is 0.500. The summed E-state index contributed by atoms with van der Waals surface area (Å²) in [5.74, 6) is 1.06. The minimum atomic E-state index is -0.240. The molecule has 0 radical (unpaired) electrons. The van der Waals surface area contributed by atoms with Gasteiger partial charge in [0.25, 0.3) is 0 Å². The number of benzene rings is 1. The van der Waals surface area contributed by atoms with Crippen LogP contribution in [0.5, 0.6) is 0 Å². The Kier molecular flexibility index (Phi) is 6.90. The average molecular weight is 333 g/mol. The largest absolute Gasteiger partial charge is 0.342 e. The minimum absolute atomic E-state index is 0.115. The monoisotopic (exact) mass is 333 g/mol. The molecule has 1 aromatic carbocycles. The first-order chi connectivity index (χ1) is 11.6. The van der Waals surface area contributed by atoms with Gasteiger partial charge in [0.2, 0.25) is 11.8 Å². The third-order valence-corrected chi connectivity index (χ3v) is 3.76. The number of rotatable bonds is 9. The maximum absolute atomic E-state index is 13.2. The van der Waals surface area contributed by atoms with Crippen LogP contribution in [0.3, 0.4) is 0 Å². The fourth-order valence-corrected chi connectivity index (χ4v) is 2.58. The fourth-order valence-electron chi connectivity index (χ4n) is 2.58. The van der Waals surface area contributed by atoms with E-state index >= 15 is 0 Å². The highest BCUT2D eigenvalue weighted by molar-refractivity contribution is 5.76. The lowest BCUT2D eigenvalue weighted by atomic mass is 10.1. The molecule has 6 heteroatoms. The molecule has 1 amide bonds. The SMILES string of the molecule is CCCN(CCc1cccc(F)c1)C(=O)CCCc1nc(C)no1. The van der Waals surface area contributed by atoms with Crippen molar-refractivity contribution in [3.8, 4) is 0 Å². The summed E-state index contributed by atoms with van der Waals surface area (Å²) in [7, 11) is 0. The molecule has 1 heterocycles. The van der Waals surface area contributed by atoms with Crippen molar-refractivity contribution in [3.63, 3.8) is 0 Å². The van der Waals surface area contributed by atoms with Crippen molar-refractivity contribution in [1.82, 2.24) is 15.0 Å². The third-order valence-electron chi connectivity index (χ3n) is 3.76. The van der Waals surface area contributed by atoms with Gasteiger partial charge in [-0.25, -0.2) is 4.39 Å². The molecule has 0 atom stereocenters. The Balaban J connectivity index is 1.80. The van der Waals surface area contributed by atoms with Gasteiger partial charge in [0.15, 0.2) is 5.82 Å². The number of carbonyl (C=O) groups is 1. The van der Waals surface area contributed by atoms with Gasteiger partial charge in [-0.2, -0.15) is 4.98 Å². The number of carbonyl (C=O) groups excluding carboxylic acids is 1. The number of aryl methyl sites for hydroxylation is 2. The van der Waals surface area contributed by atoms with E-state index < -0.39 is 0 Å². The summed E-state index contributed by atoms with van der Waals surface area (Å²) < 4.78 is 18.3. The number of hydrogen-bond donors (Lipinski definition) is 0. The van der Waals surface area contributed by atoms with Crippen LogP contribution in [0.25, 0.3) is 0 Å². The van der Waals surface area contributed by atoms with Crippen LogP contribution in [0.2, 0.25) is 0 Å². The van der Waals surface area contributed by atoms with Gasteiger partial charge in [-0.05, 0) is 43.9 Å². The van der Waals surface area contributed by atoms with Crippen LogP contribution in [-0.4, -0.2) is 34.0 Å². The zero-order valence-electron chi connectivity index (χ0n) is 14.3. The molecule has 2 rings (SSSR count). The highest BCUT2D eigenvalue weighted by Gasteiger charge is 2.13. The van der Waals surface area contributed by atoms with Crippen LogP contribution < -0.4 is 0 Å². The molecule has 1 aromatic heterocycles. The van der Waals surface area contributed by atoms with Crippen LogP contribution in [0.15, 0.2) is 28.8 Å². The molecule has 0 bridgehead atoms. The summed E-state index contributed by atoms with van der Waals surface area (Å²) in [6.45, 7) is 5.14. The summed E-state index contributed by atoms with van der Waals surface area (Å²) in [4.78, 5) is 18.4. The highest BCUT2D eigenvalue weighted by Crippen LogP contribution is 2.09. The van der Waals surface area contributed by atoms with Crippen molar-refractivity contribution < 1.29 is 13.7 Å². The van der Waals surface area contributed by atoms with E-state index in [0.717, 1.165) is 12.0 Å². The van der Waals surface area contributed by atoms with E-state index in [0.29, 0.717) is 50.5 Å². The summed E-state index contributed by atoms with van der Waals surface area (Å²) in [6.07, 6.45) is 3.30. The molecule has 0 saturated carbocycles. The second-order valence-electron chi connectivity index (χ2n) is 5.85. The topological polar surface area (TPSA) is 59.2 Å². The molecule has 0 spiro atoms. The van der Waals surface area contributed by atoms with E-state index in [-0.39, 0.29) is 11.7 Å². The minimum Gasteiger partial charge on any atom is -0.342 e. The van der Waals surface area contributed by atoms with Crippen molar-refractivity contribution in [2.75, 3.05) is 13.1 Å². The Hall–Kier alpha value is -2.24. The quantitative estimate of drug-likeness (QED) is 0.706. The predicted molar refractivity (Wildman–Crippen MR) is 88.9 cm³/mol. The normalized spacial score (nSPS) is 10.8. The first-order valence-electron chi connectivity index (χ1n) is 8.40. The molecule has 0 fully saturated rings. The molecule has 0 saturated heterocycles. The van der Waals surface area contributed by atoms with E-state index in [1.54, 1.807) is 13.0 Å². The molecule has 130 valence electrons. The number of aromatic nitrogens is 2.